The Morgan fingerprint density at radius 2 is 1.77 bits per heavy atom. The van der Waals surface area contributed by atoms with Gasteiger partial charge in [0.1, 0.15) is 0 Å². The number of hydrogen-bond acceptors (Lipinski definition) is 4. The van der Waals surface area contributed by atoms with Crippen molar-refractivity contribution in [3.63, 3.8) is 0 Å². The third-order valence-electron chi connectivity index (χ3n) is 7.54. The van der Waals surface area contributed by atoms with Gasteiger partial charge in [0.05, 0.1) is 12.6 Å². The zero-order chi connectivity index (χ0) is 20.8. The molecule has 5 heteroatoms. The van der Waals surface area contributed by atoms with Gasteiger partial charge in [0, 0.05) is 25.6 Å². The van der Waals surface area contributed by atoms with Crippen LogP contribution >= 0.6 is 0 Å². The van der Waals surface area contributed by atoms with Gasteiger partial charge in [0.2, 0.25) is 5.91 Å². The minimum Gasteiger partial charge on any atom is -0.379 e. The van der Waals surface area contributed by atoms with Crippen LogP contribution < -0.4 is 0 Å². The summed E-state index contributed by atoms with van der Waals surface area (Å²) in [7, 11) is 1.97. The summed E-state index contributed by atoms with van der Waals surface area (Å²) in [5.41, 5.74) is 1.45. The average molecular weight is 414 g/mol. The van der Waals surface area contributed by atoms with E-state index in [9.17, 15) is 4.79 Å². The lowest BCUT2D eigenvalue weighted by atomic mass is 9.92. The fourth-order valence-electron chi connectivity index (χ4n) is 5.47. The molecule has 3 fully saturated rings. The normalized spacial score (nSPS) is 24.9. The lowest BCUT2D eigenvalue weighted by Crippen LogP contribution is -2.50. The topological polar surface area (TPSA) is 36.0 Å². The molecule has 3 aliphatic heterocycles. The number of likely N-dealkylation sites (tertiary alicyclic amines) is 2. The Morgan fingerprint density at radius 1 is 1.03 bits per heavy atom. The molecular formula is C25H39N3O2. The molecule has 3 heterocycles. The van der Waals surface area contributed by atoms with Crippen LogP contribution in [0.25, 0.3) is 0 Å². The molecule has 4 rings (SSSR count). The molecule has 30 heavy (non-hydrogen) atoms. The fourth-order valence-corrected chi connectivity index (χ4v) is 5.47. The summed E-state index contributed by atoms with van der Waals surface area (Å²) in [6.45, 7) is 7.35. The van der Waals surface area contributed by atoms with E-state index in [0.717, 1.165) is 39.0 Å². The van der Waals surface area contributed by atoms with Crippen LogP contribution in [0.5, 0.6) is 0 Å². The van der Waals surface area contributed by atoms with Crippen molar-refractivity contribution in [1.29, 1.82) is 0 Å². The number of amides is 1. The smallest absolute Gasteiger partial charge is 0.225 e. The predicted octanol–water partition coefficient (Wildman–Crippen LogP) is 3.04. The van der Waals surface area contributed by atoms with E-state index in [-0.39, 0.29) is 5.92 Å². The SMILES string of the molecule is CN(C(=O)C1CCN(C2CCN(CCCc3ccccc3)CC2)CC1)C1CCOC1. The minimum atomic E-state index is 0.213. The first-order valence-corrected chi connectivity index (χ1v) is 12.1. The average Bonchev–Trinajstić information content (AvgIpc) is 3.34. The summed E-state index contributed by atoms with van der Waals surface area (Å²) < 4.78 is 5.46. The van der Waals surface area contributed by atoms with Gasteiger partial charge < -0.3 is 19.4 Å². The maximum Gasteiger partial charge on any atom is 0.225 e. The Hall–Kier alpha value is -1.43. The van der Waals surface area contributed by atoms with Crippen LogP contribution in [-0.2, 0) is 16.0 Å². The molecule has 1 unspecified atom stereocenters. The second-order valence-corrected chi connectivity index (χ2v) is 9.44. The summed E-state index contributed by atoms with van der Waals surface area (Å²) >= 11 is 0. The Morgan fingerprint density at radius 3 is 2.43 bits per heavy atom. The molecule has 0 saturated carbocycles. The molecule has 3 aliphatic rings. The number of carbonyl (C=O) groups is 1. The number of benzene rings is 1. The second-order valence-electron chi connectivity index (χ2n) is 9.44. The number of carbonyl (C=O) groups excluding carboxylic acids is 1. The molecule has 0 N–H and O–H groups in total. The largest absolute Gasteiger partial charge is 0.379 e. The summed E-state index contributed by atoms with van der Waals surface area (Å²) in [5, 5.41) is 0. The van der Waals surface area contributed by atoms with Gasteiger partial charge in [-0.25, -0.2) is 0 Å². The van der Waals surface area contributed by atoms with Gasteiger partial charge >= 0.3 is 0 Å². The first-order chi connectivity index (χ1) is 14.7. The number of rotatable bonds is 7. The monoisotopic (exact) mass is 413 g/mol. The van der Waals surface area contributed by atoms with Gasteiger partial charge in [-0.2, -0.15) is 0 Å². The Labute approximate surface area is 182 Å². The van der Waals surface area contributed by atoms with Crippen molar-refractivity contribution in [3.8, 4) is 0 Å². The Kier molecular flexibility index (Phi) is 7.80. The highest BCUT2D eigenvalue weighted by molar-refractivity contribution is 5.79. The lowest BCUT2D eigenvalue weighted by Gasteiger charge is -2.42. The molecule has 0 radical (unpaired) electrons. The van der Waals surface area contributed by atoms with Crippen LogP contribution in [-0.4, -0.2) is 85.7 Å². The van der Waals surface area contributed by atoms with E-state index in [0.29, 0.717) is 24.6 Å². The van der Waals surface area contributed by atoms with Crippen LogP contribution in [0.1, 0.15) is 44.1 Å². The molecule has 0 bridgehead atoms. The summed E-state index contributed by atoms with van der Waals surface area (Å²) in [6.07, 6.45) is 8.03. The van der Waals surface area contributed by atoms with Crippen molar-refractivity contribution in [2.75, 3.05) is 53.0 Å². The number of ether oxygens (including phenoxy) is 1. The standard InChI is InChI=1S/C25H39N3O2/c1-26(24-13-19-30-20-24)25(29)22-9-17-28(18-10-22)23-11-15-27(16-12-23)14-5-8-21-6-3-2-4-7-21/h2-4,6-7,22-24H,5,8-20H2,1H3. The molecule has 1 atom stereocenters. The van der Waals surface area contributed by atoms with Crippen molar-refractivity contribution in [2.45, 2.75) is 57.0 Å². The van der Waals surface area contributed by atoms with E-state index in [1.807, 2.05) is 11.9 Å². The number of hydrogen-bond donors (Lipinski definition) is 0. The fraction of sp³-hybridized carbons (Fsp3) is 0.720. The van der Waals surface area contributed by atoms with Crippen LogP contribution in [0.3, 0.4) is 0 Å². The van der Waals surface area contributed by atoms with Crippen molar-refractivity contribution in [2.24, 2.45) is 5.92 Å². The number of likely N-dealkylation sites (N-methyl/N-ethyl adjacent to an activating group) is 1. The van der Waals surface area contributed by atoms with Gasteiger partial charge in [-0.1, -0.05) is 30.3 Å². The molecule has 166 valence electrons. The predicted molar refractivity (Wildman–Crippen MR) is 121 cm³/mol. The van der Waals surface area contributed by atoms with E-state index >= 15 is 0 Å². The number of nitrogens with zero attached hydrogens (tertiary/aromatic N) is 3. The zero-order valence-corrected chi connectivity index (χ0v) is 18.7. The van der Waals surface area contributed by atoms with Gasteiger partial charge in [0.15, 0.2) is 0 Å². The Balaban J connectivity index is 1.13. The second kappa shape index (κ2) is 10.7. The minimum absolute atomic E-state index is 0.213. The molecule has 0 aromatic heterocycles. The lowest BCUT2D eigenvalue weighted by molar-refractivity contribution is -0.138. The molecule has 1 amide bonds. The van der Waals surface area contributed by atoms with E-state index in [1.165, 1.54) is 50.9 Å². The first-order valence-electron chi connectivity index (χ1n) is 12.1. The van der Waals surface area contributed by atoms with Gasteiger partial charge in [-0.3, -0.25) is 4.79 Å². The highest BCUT2D eigenvalue weighted by Gasteiger charge is 2.34. The molecule has 0 aliphatic carbocycles. The van der Waals surface area contributed by atoms with Crippen LogP contribution in [0.4, 0.5) is 0 Å². The maximum atomic E-state index is 12.9. The van der Waals surface area contributed by atoms with Crippen LogP contribution in [0.2, 0.25) is 0 Å². The molecule has 5 nitrogen and oxygen atoms in total. The summed E-state index contributed by atoms with van der Waals surface area (Å²) in [6, 6.07) is 11.8. The van der Waals surface area contributed by atoms with Crippen LogP contribution in [0.15, 0.2) is 30.3 Å². The van der Waals surface area contributed by atoms with Gasteiger partial charge in [-0.05, 0) is 83.2 Å². The van der Waals surface area contributed by atoms with E-state index in [4.69, 9.17) is 4.74 Å². The first kappa shape index (κ1) is 21.8. The zero-order valence-electron chi connectivity index (χ0n) is 18.7. The highest BCUT2D eigenvalue weighted by Crippen LogP contribution is 2.26. The molecule has 1 aromatic carbocycles. The summed E-state index contributed by atoms with van der Waals surface area (Å²) in [4.78, 5) is 20.2. The van der Waals surface area contributed by atoms with Crippen molar-refractivity contribution >= 4 is 5.91 Å². The third kappa shape index (κ3) is 5.63. The maximum absolute atomic E-state index is 12.9. The van der Waals surface area contributed by atoms with Crippen molar-refractivity contribution in [1.82, 2.24) is 14.7 Å². The molecular weight excluding hydrogens is 374 g/mol. The third-order valence-corrected chi connectivity index (χ3v) is 7.54. The van der Waals surface area contributed by atoms with E-state index in [1.54, 1.807) is 0 Å². The number of piperidine rings is 2. The van der Waals surface area contributed by atoms with Gasteiger partial charge in [-0.15, -0.1) is 0 Å². The van der Waals surface area contributed by atoms with E-state index < -0.39 is 0 Å². The summed E-state index contributed by atoms with van der Waals surface area (Å²) in [5.74, 6) is 0.559. The van der Waals surface area contributed by atoms with Crippen molar-refractivity contribution in [3.05, 3.63) is 35.9 Å². The van der Waals surface area contributed by atoms with Crippen LogP contribution in [0, 0.1) is 5.92 Å². The van der Waals surface area contributed by atoms with Gasteiger partial charge in [0.25, 0.3) is 0 Å². The highest BCUT2D eigenvalue weighted by atomic mass is 16.5. The molecule has 3 saturated heterocycles. The molecule has 0 spiro atoms. The quantitative estimate of drug-likeness (QED) is 0.688. The number of aryl methyl sites for hydroxylation is 1. The molecule has 1 aromatic rings. The van der Waals surface area contributed by atoms with Crippen molar-refractivity contribution < 1.29 is 9.53 Å². The van der Waals surface area contributed by atoms with E-state index in [2.05, 4.69) is 40.1 Å². The Bertz CT molecular complexity index is 646.